The molecule has 2 saturated heterocycles. The lowest BCUT2D eigenvalue weighted by Crippen LogP contribution is -2.45. The molecule has 0 saturated carbocycles. The molecule has 7 nitrogen and oxygen atoms in total. The second-order valence-corrected chi connectivity index (χ2v) is 7.26. The van der Waals surface area contributed by atoms with Gasteiger partial charge in [-0.05, 0) is 19.9 Å². The van der Waals surface area contributed by atoms with Gasteiger partial charge in [0.1, 0.15) is 4.90 Å². The molecule has 3 rings (SSSR count). The van der Waals surface area contributed by atoms with Gasteiger partial charge in [0, 0.05) is 25.8 Å². The zero-order chi connectivity index (χ0) is 14.2. The summed E-state index contributed by atoms with van der Waals surface area (Å²) in [5.74, 6) is 0. The maximum absolute atomic E-state index is 12.6. The Labute approximate surface area is 118 Å². The number of nitrogens with zero attached hydrogens (tertiary/aromatic N) is 3. The molecule has 0 radical (unpaired) electrons. The first-order valence-electron chi connectivity index (χ1n) is 6.92. The van der Waals surface area contributed by atoms with Gasteiger partial charge < -0.3 is 10.1 Å². The molecular weight excluding hydrogens is 280 g/mol. The molecule has 112 valence electrons. The van der Waals surface area contributed by atoms with Crippen LogP contribution >= 0.6 is 0 Å². The van der Waals surface area contributed by atoms with Crippen molar-refractivity contribution in [3.05, 3.63) is 12.4 Å². The van der Waals surface area contributed by atoms with Crippen LogP contribution in [0, 0.1) is 0 Å². The molecular formula is C12H20N4O3S. The van der Waals surface area contributed by atoms with Crippen molar-refractivity contribution in [1.82, 2.24) is 19.4 Å². The lowest BCUT2D eigenvalue weighted by Gasteiger charge is -2.30. The molecule has 1 aromatic heterocycles. The molecule has 1 aromatic rings. The van der Waals surface area contributed by atoms with Crippen molar-refractivity contribution in [2.45, 2.75) is 36.5 Å². The van der Waals surface area contributed by atoms with E-state index in [1.807, 2.05) is 7.05 Å². The number of aromatic nitrogens is 2. The van der Waals surface area contributed by atoms with Gasteiger partial charge in [-0.15, -0.1) is 0 Å². The molecule has 20 heavy (non-hydrogen) atoms. The Morgan fingerprint density at radius 2 is 2.10 bits per heavy atom. The van der Waals surface area contributed by atoms with Crippen LogP contribution in [-0.4, -0.2) is 61.4 Å². The SMILES string of the molecule is CNCCn1cc(S(=O)(=O)N2CC3CCC(C2)O3)cn1. The summed E-state index contributed by atoms with van der Waals surface area (Å²) in [5.41, 5.74) is 0. The number of nitrogens with one attached hydrogen (secondary N) is 1. The van der Waals surface area contributed by atoms with Gasteiger partial charge in [0.05, 0.1) is 24.9 Å². The Balaban J connectivity index is 1.76. The highest BCUT2D eigenvalue weighted by Crippen LogP contribution is 2.29. The maximum Gasteiger partial charge on any atom is 0.246 e. The van der Waals surface area contributed by atoms with Crippen LogP contribution in [0.25, 0.3) is 0 Å². The molecule has 2 fully saturated rings. The van der Waals surface area contributed by atoms with E-state index in [0.717, 1.165) is 19.4 Å². The predicted molar refractivity (Wildman–Crippen MR) is 72.8 cm³/mol. The number of rotatable bonds is 5. The first-order chi connectivity index (χ1) is 9.59. The van der Waals surface area contributed by atoms with E-state index in [2.05, 4.69) is 10.4 Å². The van der Waals surface area contributed by atoms with E-state index in [-0.39, 0.29) is 17.1 Å². The molecule has 1 N–H and O–H groups in total. The van der Waals surface area contributed by atoms with Gasteiger partial charge in [-0.25, -0.2) is 8.42 Å². The van der Waals surface area contributed by atoms with Gasteiger partial charge >= 0.3 is 0 Å². The highest BCUT2D eigenvalue weighted by Gasteiger charge is 2.39. The van der Waals surface area contributed by atoms with E-state index in [1.54, 1.807) is 10.9 Å². The van der Waals surface area contributed by atoms with E-state index < -0.39 is 10.0 Å². The summed E-state index contributed by atoms with van der Waals surface area (Å²) < 4.78 is 34.1. The van der Waals surface area contributed by atoms with E-state index in [9.17, 15) is 8.42 Å². The summed E-state index contributed by atoms with van der Waals surface area (Å²) >= 11 is 0. The lowest BCUT2D eigenvalue weighted by atomic mass is 10.2. The topological polar surface area (TPSA) is 76.5 Å². The van der Waals surface area contributed by atoms with Gasteiger partial charge in [0.15, 0.2) is 0 Å². The van der Waals surface area contributed by atoms with Crippen molar-refractivity contribution in [2.24, 2.45) is 0 Å². The molecule has 0 spiro atoms. The first-order valence-corrected chi connectivity index (χ1v) is 8.36. The average molecular weight is 300 g/mol. The molecule has 2 atom stereocenters. The summed E-state index contributed by atoms with van der Waals surface area (Å²) in [6.07, 6.45) is 5.06. The van der Waals surface area contributed by atoms with Crippen molar-refractivity contribution in [2.75, 3.05) is 26.7 Å². The van der Waals surface area contributed by atoms with E-state index >= 15 is 0 Å². The Bertz CT molecular complexity index is 559. The minimum atomic E-state index is -3.44. The normalized spacial score (nSPS) is 27.1. The van der Waals surface area contributed by atoms with Crippen LogP contribution in [0.2, 0.25) is 0 Å². The first kappa shape index (κ1) is 14.0. The quantitative estimate of drug-likeness (QED) is 0.805. The fraction of sp³-hybridized carbons (Fsp3) is 0.750. The summed E-state index contributed by atoms with van der Waals surface area (Å²) in [4.78, 5) is 0.273. The summed E-state index contributed by atoms with van der Waals surface area (Å²) in [5, 5.41) is 7.12. The average Bonchev–Trinajstić information content (AvgIpc) is 3.03. The number of hydrogen-bond acceptors (Lipinski definition) is 5. The highest BCUT2D eigenvalue weighted by atomic mass is 32.2. The van der Waals surface area contributed by atoms with Crippen molar-refractivity contribution in [1.29, 1.82) is 0 Å². The van der Waals surface area contributed by atoms with Gasteiger partial charge in [-0.1, -0.05) is 0 Å². The highest BCUT2D eigenvalue weighted by molar-refractivity contribution is 7.89. The fourth-order valence-electron chi connectivity index (χ4n) is 2.75. The third-order valence-corrected chi connectivity index (χ3v) is 5.63. The van der Waals surface area contributed by atoms with Crippen LogP contribution in [0.15, 0.2) is 17.3 Å². The van der Waals surface area contributed by atoms with Crippen LogP contribution in [0.4, 0.5) is 0 Å². The molecule has 2 unspecified atom stereocenters. The van der Waals surface area contributed by atoms with Crippen molar-refractivity contribution in [3.8, 4) is 0 Å². The van der Waals surface area contributed by atoms with E-state index in [4.69, 9.17) is 4.74 Å². The minimum Gasteiger partial charge on any atom is -0.372 e. The molecule has 0 aromatic carbocycles. The van der Waals surface area contributed by atoms with Gasteiger partial charge in [-0.2, -0.15) is 9.40 Å². The van der Waals surface area contributed by atoms with E-state index in [0.29, 0.717) is 19.6 Å². The fourth-order valence-corrected chi connectivity index (χ4v) is 4.21. The summed E-state index contributed by atoms with van der Waals surface area (Å²) in [6.45, 7) is 2.32. The number of sulfonamides is 1. The van der Waals surface area contributed by atoms with Crippen molar-refractivity contribution in [3.63, 3.8) is 0 Å². The number of ether oxygens (including phenoxy) is 1. The molecule has 2 aliphatic rings. The largest absolute Gasteiger partial charge is 0.372 e. The van der Waals surface area contributed by atoms with Crippen molar-refractivity contribution >= 4 is 10.0 Å². The van der Waals surface area contributed by atoms with Gasteiger partial charge in [-0.3, -0.25) is 4.68 Å². The molecule has 0 aliphatic carbocycles. The molecule has 8 heteroatoms. The number of fused-ring (bicyclic) bond motifs is 2. The number of likely N-dealkylation sites (N-methyl/N-ethyl adjacent to an activating group) is 1. The van der Waals surface area contributed by atoms with Crippen LogP contribution in [0.5, 0.6) is 0 Å². The maximum atomic E-state index is 12.6. The monoisotopic (exact) mass is 300 g/mol. The predicted octanol–water partition coefficient (Wildman–Crippen LogP) is -0.346. The third kappa shape index (κ3) is 2.60. The van der Waals surface area contributed by atoms with Crippen LogP contribution in [-0.2, 0) is 21.3 Å². The van der Waals surface area contributed by atoms with Gasteiger partial charge in [0.2, 0.25) is 10.0 Å². The molecule has 2 bridgehead atoms. The standard InChI is InChI=1S/C12H20N4O3S/c1-13-4-5-15-9-12(6-14-15)20(17,18)16-7-10-2-3-11(8-16)19-10/h6,9-11,13H,2-5,7-8H2,1H3. The Morgan fingerprint density at radius 1 is 1.40 bits per heavy atom. The van der Waals surface area contributed by atoms with Gasteiger partial charge in [0.25, 0.3) is 0 Å². The lowest BCUT2D eigenvalue weighted by molar-refractivity contribution is -0.0114. The number of morpholine rings is 1. The Kier molecular flexibility index (Phi) is 3.80. The van der Waals surface area contributed by atoms with Crippen LogP contribution < -0.4 is 5.32 Å². The molecule has 2 aliphatic heterocycles. The van der Waals surface area contributed by atoms with Crippen LogP contribution in [0.1, 0.15) is 12.8 Å². The second kappa shape index (κ2) is 5.44. The Hall–Kier alpha value is -0.960. The van der Waals surface area contributed by atoms with Crippen LogP contribution in [0.3, 0.4) is 0 Å². The third-order valence-electron chi connectivity index (χ3n) is 3.85. The summed E-state index contributed by atoms with van der Waals surface area (Å²) in [6, 6.07) is 0. The molecule has 3 heterocycles. The summed E-state index contributed by atoms with van der Waals surface area (Å²) in [7, 11) is -1.59. The minimum absolute atomic E-state index is 0.0582. The Morgan fingerprint density at radius 3 is 2.75 bits per heavy atom. The zero-order valence-electron chi connectivity index (χ0n) is 11.5. The zero-order valence-corrected chi connectivity index (χ0v) is 12.3. The number of hydrogen-bond donors (Lipinski definition) is 1. The molecule has 0 amide bonds. The van der Waals surface area contributed by atoms with Crippen molar-refractivity contribution < 1.29 is 13.2 Å². The van der Waals surface area contributed by atoms with E-state index in [1.165, 1.54) is 10.5 Å². The smallest absolute Gasteiger partial charge is 0.246 e. The second-order valence-electron chi connectivity index (χ2n) is 5.32.